The zero-order valence-electron chi connectivity index (χ0n) is 11.9. The Balaban J connectivity index is 1.69. The van der Waals surface area contributed by atoms with Gasteiger partial charge in [0.1, 0.15) is 5.75 Å². The number of nitrogens with zero attached hydrogens (tertiary/aromatic N) is 1. The van der Waals surface area contributed by atoms with E-state index in [1.54, 1.807) is 18.4 Å². The van der Waals surface area contributed by atoms with Crippen LogP contribution in [0.5, 0.6) is 5.75 Å². The summed E-state index contributed by atoms with van der Waals surface area (Å²) >= 11 is 7.40. The molecule has 0 spiro atoms. The van der Waals surface area contributed by atoms with E-state index < -0.39 is 0 Å². The van der Waals surface area contributed by atoms with Crippen LogP contribution in [0.25, 0.3) is 0 Å². The fourth-order valence-electron chi connectivity index (χ4n) is 2.66. The van der Waals surface area contributed by atoms with Crippen molar-refractivity contribution in [2.45, 2.75) is 18.9 Å². The number of hydrogen-bond donors (Lipinski definition) is 1. The largest absolute Gasteiger partial charge is 0.497 e. The highest BCUT2D eigenvalue weighted by Gasteiger charge is 2.28. The van der Waals surface area contributed by atoms with Crippen molar-refractivity contribution in [2.75, 3.05) is 19.0 Å². The van der Waals surface area contributed by atoms with Crippen LogP contribution in [0, 0.1) is 0 Å². The smallest absolute Gasteiger partial charge is 0.173 e. The summed E-state index contributed by atoms with van der Waals surface area (Å²) in [5, 5.41) is 6.27. The number of nitrogens with one attached hydrogen (secondary N) is 1. The van der Waals surface area contributed by atoms with Crippen LogP contribution in [0.3, 0.4) is 0 Å². The van der Waals surface area contributed by atoms with Crippen molar-refractivity contribution in [2.24, 2.45) is 0 Å². The lowest BCUT2D eigenvalue weighted by atomic mass is 10.2. The molecule has 0 aliphatic carbocycles. The molecule has 3 nitrogen and oxygen atoms in total. The van der Waals surface area contributed by atoms with Crippen molar-refractivity contribution < 1.29 is 4.74 Å². The molecule has 21 heavy (non-hydrogen) atoms. The van der Waals surface area contributed by atoms with Crippen LogP contribution in [-0.4, -0.2) is 23.7 Å². The molecular weight excluding hydrogens is 300 g/mol. The molecule has 1 fully saturated rings. The van der Waals surface area contributed by atoms with E-state index in [0.717, 1.165) is 23.1 Å². The summed E-state index contributed by atoms with van der Waals surface area (Å²) in [4.78, 5) is 3.69. The fraction of sp³-hybridized carbons (Fsp3) is 0.312. The van der Waals surface area contributed by atoms with E-state index in [1.165, 1.54) is 17.7 Å². The van der Waals surface area contributed by atoms with Crippen LogP contribution in [0.4, 0.5) is 5.69 Å². The Hall–Kier alpha value is -1.59. The molecule has 0 saturated carbocycles. The number of thiocarbonyl (C=S) groups is 1. The molecule has 1 aromatic heterocycles. The molecule has 5 heteroatoms. The normalized spacial score (nSPS) is 17.8. The van der Waals surface area contributed by atoms with Crippen LogP contribution in [0.1, 0.15) is 23.8 Å². The van der Waals surface area contributed by atoms with Gasteiger partial charge in [0.05, 0.1) is 13.2 Å². The minimum absolute atomic E-state index is 0.420. The summed E-state index contributed by atoms with van der Waals surface area (Å²) in [5.41, 5.74) is 0.998. The van der Waals surface area contributed by atoms with Crippen LogP contribution in [-0.2, 0) is 0 Å². The number of rotatable bonds is 3. The average Bonchev–Trinajstić information content (AvgIpc) is 3.18. The summed E-state index contributed by atoms with van der Waals surface area (Å²) in [6, 6.07) is 12.6. The highest BCUT2D eigenvalue weighted by atomic mass is 32.1. The third-order valence-corrected chi connectivity index (χ3v) is 5.04. The maximum absolute atomic E-state index is 5.60. The first kappa shape index (κ1) is 14.4. The van der Waals surface area contributed by atoms with Gasteiger partial charge in [-0.3, -0.25) is 0 Å². The molecule has 3 rings (SSSR count). The maximum Gasteiger partial charge on any atom is 0.173 e. The Morgan fingerprint density at radius 3 is 2.81 bits per heavy atom. The van der Waals surface area contributed by atoms with Gasteiger partial charge in [-0.25, -0.2) is 0 Å². The Labute approximate surface area is 134 Å². The van der Waals surface area contributed by atoms with Crippen molar-refractivity contribution in [3.63, 3.8) is 0 Å². The zero-order valence-corrected chi connectivity index (χ0v) is 13.5. The van der Waals surface area contributed by atoms with E-state index in [-0.39, 0.29) is 0 Å². The monoisotopic (exact) mass is 318 g/mol. The second-order valence-electron chi connectivity index (χ2n) is 5.03. The summed E-state index contributed by atoms with van der Waals surface area (Å²) in [6.45, 7) is 1.02. The lowest BCUT2D eigenvalue weighted by Gasteiger charge is -2.27. The molecule has 1 aliphatic rings. The molecule has 0 amide bonds. The first-order valence-electron chi connectivity index (χ1n) is 7.03. The van der Waals surface area contributed by atoms with Crippen molar-refractivity contribution >= 4 is 34.4 Å². The topological polar surface area (TPSA) is 24.5 Å². The molecule has 1 aromatic carbocycles. The first-order chi connectivity index (χ1) is 10.3. The zero-order chi connectivity index (χ0) is 14.7. The van der Waals surface area contributed by atoms with Gasteiger partial charge >= 0.3 is 0 Å². The summed E-state index contributed by atoms with van der Waals surface area (Å²) in [5.74, 6) is 0.851. The van der Waals surface area contributed by atoms with Crippen molar-refractivity contribution in [3.8, 4) is 5.75 Å². The molecule has 0 bridgehead atoms. The minimum atomic E-state index is 0.420. The lowest BCUT2D eigenvalue weighted by molar-refractivity contribution is 0.411. The van der Waals surface area contributed by atoms with Crippen molar-refractivity contribution in [1.82, 2.24) is 4.90 Å². The number of methoxy groups -OCH3 is 1. The van der Waals surface area contributed by atoms with Gasteiger partial charge in [0.2, 0.25) is 0 Å². The maximum atomic E-state index is 5.60. The van der Waals surface area contributed by atoms with Gasteiger partial charge in [-0.2, -0.15) is 0 Å². The highest BCUT2D eigenvalue weighted by molar-refractivity contribution is 7.80. The SMILES string of the molecule is COc1ccc(NC(=S)N2CCC[C@H]2c2cccs2)cc1. The number of likely N-dealkylation sites (tertiary alicyclic amines) is 1. The van der Waals surface area contributed by atoms with E-state index in [2.05, 4.69) is 27.7 Å². The van der Waals surface area contributed by atoms with Gasteiger partial charge < -0.3 is 15.0 Å². The molecule has 0 radical (unpaired) electrons. The van der Waals surface area contributed by atoms with E-state index in [0.29, 0.717) is 6.04 Å². The molecule has 1 saturated heterocycles. The third-order valence-electron chi connectivity index (χ3n) is 3.73. The third kappa shape index (κ3) is 3.19. The van der Waals surface area contributed by atoms with Gasteiger partial charge in [-0.15, -0.1) is 11.3 Å². The molecule has 1 atom stereocenters. The lowest BCUT2D eigenvalue weighted by Crippen LogP contribution is -2.33. The molecule has 2 heterocycles. The van der Waals surface area contributed by atoms with Gasteiger partial charge in [-0.05, 0) is 60.8 Å². The first-order valence-corrected chi connectivity index (χ1v) is 8.32. The van der Waals surface area contributed by atoms with Crippen molar-refractivity contribution in [3.05, 3.63) is 46.7 Å². The summed E-state index contributed by atoms with van der Waals surface area (Å²) in [6.07, 6.45) is 2.36. The number of ether oxygens (including phenoxy) is 1. The summed E-state index contributed by atoms with van der Waals surface area (Å²) in [7, 11) is 1.67. The van der Waals surface area contributed by atoms with Crippen molar-refractivity contribution in [1.29, 1.82) is 0 Å². The van der Waals surface area contributed by atoms with Gasteiger partial charge in [-0.1, -0.05) is 6.07 Å². The Bertz CT molecular complexity index is 595. The Morgan fingerprint density at radius 1 is 1.33 bits per heavy atom. The fourth-order valence-corrected chi connectivity index (χ4v) is 3.87. The molecule has 110 valence electrons. The Morgan fingerprint density at radius 2 is 2.14 bits per heavy atom. The second kappa shape index (κ2) is 6.45. The van der Waals surface area contributed by atoms with Crippen LogP contribution >= 0.6 is 23.6 Å². The number of thiophene rings is 1. The quantitative estimate of drug-likeness (QED) is 0.853. The molecule has 2 aromatic rings. The summed E-state index contributed by atoms with van der Waals surface area (Å²) < 4.78 is 5.17. The van der Waals surface area contributed by atoms with Gasteiger partial charge in [0, 0.05) is 17.1 Å². The van der Waals surface area contributed by atoms with Gasteiger partial charge in [0.25, 0.3) is 0 Å². The highest BCUT2D eigenvalue weighted by Crippen LogP contribution is 2.34. The number of hydrogen-bond acceptors (Lipinski definition) is 3. The van der Waals surface area contributed by atoms with E-state index >= 15 is 0 Å². The van der Waals surface area contributed by atoms with E-state index in [1.807, 2.05) is 24.3 Å². The average molecular weight is 318 g/mol. The molecule has 1 N–H and O–H groups in total. The minimum Gasteiger partial charge on any atom is -0.497 e. The standard InChI is InChI=1S/C16H18N2OS2/c1-19-13-8-6-12(7-9-13)17-16(20)18-10-2-4-14(18)15-5-3-11-21-15/h3,5-9,11,14H,2,4,10H2,1H3,(H,17,20)/t14-/m0/s1. The van der Waals surface area contributed by atoms with Crippen LogP contribution in [0.2, 0.25) is 0 Å². The molecule has 1 aliphatic heterocycles. The molecular formula is C16H18N2OS2. The second-order valence-corrected chi connectivity index (χ2v) is 6.39. The number of anilines is 1. The molecule has 0 unspecified atom stereocenters. The predicted molar refractivity (Wildman–Crippen MR) is 92.2 cm³/mol. The van der Waals surface area contributed by atoms with Crippen LogP contribution < -0.4 is 10.1 Å². The Kier molecular flexibility index (Phi) is 4.41. The van der Waals surface area contributed by atoms with Gasteiger partial charge in [0.15, 0.2) is 5.11 Å². The van der Waals surface area contributed by atoms with Crippen LogP contribution in [0.15, 0.2) is 41.8 Å². The van der Waals surface area contributed by atoms with E-state index in [4.69, 9.17) is 17.0 Å². The number of benzene rings is 1. The van der Waals surface area contributed by atoms with E-state index in [9.17, 15) is 0 Å². The predicted octanol–water partition coefficient (Wildman–Crippen LogP) is 4.29.